The Morgan fingerprint density at radius 3 is 2.93 bits per heavy atom. The first-order valence-electron chi connectivity index (χ1n) is 4.67. The second-order valence-corrected chi connectivity index (χ2v) is 4.85. The quantitative estimate of drug-likeness (QED) is 0.516. The van der Waals surface area contributed by atoms with Crippen LogP contribution in [-0.2, 0) is 11.3 Å². The van der Waals surface area contributed by atoms with E-state index < -0.39 is 4.87 Å². The molecular formula is C11H12ClNO. The molecule has 1 aliphatic rings. The normalized spacial score (nSPS) is 30.1. The van der Waals surface area contributed by atoms with Gasteiger partial charge in [0.1, 0.15) is 6.04 Å². The van der Waals surface area contributed by atoms with Gasteiger partial charge in [0.2, 0.25) is 0 Å². The maximum Gasteiger partial charge on any atom is 0.119 e. The fourth-order valence-electron chi connectivity index (χ4n) is 2.08. The minimum atomic E-state index is -0.620. The van der Waals surface area contributed by atoms with Crippen LogP contribution in [0.4, 0.5) is 0 Å². The number of halogens is 1. The van der Waals surface area contributed by atoms with Gasteiger partial charge < -0.3 is 0 Å². The zero-order chi connectivity index (χ0) is 10.3. The topological polar surface area (TPSA) is 29.4 Å². The van der Waals surface area contributed by atoms with Gasteiger partial charge in [0.15, 0.2) is 0 Å². The van der Waals surface area contributed by atoms with Gasteiger partial charge in [-0.1, -0.05) is 28.9 Å². The minimum Gasteiger partial charge on any atom is -0.150 e. The molecule has 0 spiro atoms. The van der Waals surface area contributed by atoms with Gasteiger partial charge in [-0.2, -0.15) is 4.91 Å². The van der Waals surface area contributed by atoms with Gasteiger partial charge in [0.25, 0.3) is 0 Å². The highest BCUT2D eigenvalue weighted by atomic mass is 35.5. The van der Waals surface area contributed by atoms with Crippen molar-refractivity contribution in [2.45, 2.75) is 31.2 Å². The van der Waals surface area contributed by atoms with Crippen molar-refractivity contribution in [3.8, 4) is 0 Å². The van der Waals surface area contributed by atoms with E-state index in [2.05, 4.69) is 11.2 Å². The van der Waals surface area contributed by atoms with Crippen LogP contribution in [0.25, 0.3) is 0 Å². The summed E-state index contributed by atoms with van der Waals surface area (Å²) in [5, 5.41) is 3.10. The summed E-state index contributed by atoms with van der Waals surface area (Å²) in [5.74, 6) is 0. The highest BCUT2D eigenvalue weighted by molar-refractivity contribution is 6.24. The molecular weight excluding hydrogens is 198 g/mol. The number of benzene rings is 1. The van der Waals surface area contributed by atoms with Crippen molar-refractivity contribution in [2.75, 3.05) is 0 Å². The molecule has 3 heteroatoms. The Morgan fingerprint density at radius 2 is 2.29 bits per heavy atom. The molecule has 0 saturated heterocycles. The Bertz CT molecular complexity index is 387. The maximum atomic E-state index is 10.6. The van der Waals surface area contributed by atoms with Crippen LogP contribution in [0.3, 0.4) is 0 Å². The molecule has 0 N–H and O–H groups in total. The first-order chi connectivity index (χ1) is 6.55. The lowest BCUT2D eigenvalue weighted by atomic mass is 9.99. The van der Waals surface area contributed by atoms with Gasteiger partial charge in [-0.05, 0) is 25.0 Å². The number of alkyl halides is 1. The second kappa shape index (κ2) is 3.06. The van der Waals surface area contributed by atoms with E-state index >= 15 is 0 Å². The lowest BCUT2D eigenvalue weighted by Gasteiger charge is -2.19. The summed E-state index contributed by atoms with van der Waals surface area (Å²) in [6, 6.07) is 5.78. The molecule has 14 heavy (non-hydrogen) atoms. The van der Waals surface area contributed by atoms with Crippen LogP contribution in [0.1, 0.15) is 23.6 Å². The van der Waals surface area contributed by atoms with Crippen LogP contribution in [0.15, 0.2) is 23.4 Å². The molecule has 2 rings (SSSR count). The molecule has 74 valence electrons. The molecule has 0 aliphatic heterocycles. The van der Waals surface area contributed by atoms with Crippen molar-refractivity contribution in [2.24, 2.45) is 5.18 Å². The summed E-state index contributed by atoms with van der Waals surface area (Å²) in [6.07, 6.45) is 0.667. The summed E-state index contributed by atoms with van der Waals surface area (Å²) >= 11 is 6.32. The van der Waals surface area contributed by atoms with Crippen LogP contribution in [0.2, 0.25) is 0 Å². The van der Waals surface area contributed by atoms with E-state index in [4.69, 9.17) is 11.6 Å². The number of nitroso groups, excluding NO2 is 1. The van der Waals surface area contributed by atoms with E-state index in [1.165, 1.54) is 5.56 Å². The number of aryl methyl sites for hydroxylation is 1. The number of hydrogen-bond donors (Lipinski definition) is 0. The molecule has 2 nitrogen and oxygen atoms in total. The minimum absolute atomic E-state index is 0.332. The molecule has 0 heterocycles. The van der Waals surface area contributed by atoms with Crippen LogP contribution >= 0.6 is 11.6 Å². The SMILES string of the molecule is Cc1ccc2c(c1)CC(N=O)C2(C)Cl. The van der Waals surface area contributed by atoms with Gasteiger partial charge in [0.05, 0.1) is 4.87 Å². The summed E-state index contributed by atoms with van der Waals surface area (Å²) in [7, 11) is 0. The van der Waals surface area contributed by atoms with Crippen molar-refractivity contribution in [1.82, 2.24) is 0 Å². The zero-order valence-corrected chi connectivity index (χ0v) is 9.01. The van der Waals surface area contributed by atoms with E-state index in [0.29, 0.717) is 6.42 Å². The number of fused-ring (bicyclic) bond motifs is 1. The highest BCUT2D eigenvalue weighted by Crippen LogP contribution is 2.43. The van der Waals surface area contributed by atoms with E-state index in [1.54, 1.807) is 0 Å². The first-order valence-corrected chi connectivity index (χ1v) is 5.05. The predicted octanol–water partition coefficient (Wildman–Crippen LogP) is 3.14. The number of rotatable bonds is 1. The third-order valence-corrected chi connectivity index (χ3v) is 3.41. The summed E-state index contributed by atoms with van der Waals surface area (Å²) in [4.78, 5) is 10.0. The van der Waals surface area contributed by atoms with Crippen molar-refractivity contribution in [3.05, 3.63) is 39.8 Å². The smallest absolute Gasteiger partial charge is 0.119 e. The number of hydrogen-bond acceptors (Lipinski definition) is 2. The average Bonchev–Trinajstić information content (AvgIpc) is 2.37. The van der Waals surface area contributed by atoms with Gasteiger partial charge in [0, 0.05) is 6.42 Å². The Balaban J connectivity index is 2.53. The lowest BCUT2D eigenvalue weighted by Crippen LogP contribution is -2.24. The summed E-state index contributed by atoms with van der Waals surface area (Å²) in [5.41, 5.74) is 3.41. The van der Waals surface area contributed by atoms with Gasteiger partial charge in [-0.15, -0.1) is 11.6 Å². The molecule has 0 fully saturated rings. The maximum absolute atomic E-state index is 10.6. The van der Waals surface area contributed by atoms with Crippen LogP contribution in [-0.4, -0.2) is 6.04 Å². The fourth-order valence-corrected chi connectivity index (χ4v) is 2.39. The fraction of sp³-hybridized carbons (Fsp3) is 0.455. The van der Waals surface area contributed by atoms with Crippen molar-refractivity contribution >= 4 is 11.6 Å². The van der Waals surface area contributed by atoms with Gasteiger partial charge in [-0.25, -0.2) is 0 Å². The Morgan fingerprint density at radius 1 is 1.57 bits per heavy atom. The van der Waals surface area contributed by atoms with Crippen LogP contribution < -0.4 is 0 Å². The molecule has 1 aromatic carbocycles. The molecule has 1 aliphatic carbocycles. The Labute approximate surface area is 88.2 Å². The summed E-state index contributed by atoms with van der Waals surface area (Å²) < 4.78 is 0. The van der Waals surface area contributed by atoms with Crippen molar-refractivity contribution in [3.63, 3.8) is 0 Å². The molecule has 0 radical (unpaired) electrons. The highest BCUT2D eigenvalue weighted by Gasteiger charge is 2.42. The Kier molecular flexibility index (Phi) is 2.11. The van der Waals surface area contributed by atoms with Gasteiger partial charge >= 0.3 is 0 Å². The van der Waals surface area contributed by atoms with E-state index in [0.717, 1.165) is 11.1 Å². The Hall–Kier alpha value is -0.890. The van der Waals surface area contributed by atoms with E-state index in [-0.39, 0.29) is 6.04 Å². The average molecular weight is 210 g/mol. The molecule has 2 unspecified atom stereocenters. The predicted molar refractivity (Wildman–Crippen MR) is 57.7 cm³/mol. The third-order valence-electron chi connectivity index (χ3n) is 2.95. The van der Waals surface area contributed by atoms with Crippen molar-refractivity contribution < 1.29 is 0 Å². The molecule has 0 bridgehead atoms. The van der Waals surface area contributed by atoms with E-state index in [1.807, 2.05) is 26.0 Å². The molecule has 1 aromatic rings. The largest absolute Gasteiger partial charge is 0.150 e. The molecule has 0 aromatic heterocycles. The molecule has 0 amide bonds. The van der Waals surface area contributed by atoms with Crippen LogP contribution in [0.5, 0.6) is 0 Å². The third kappa shape index (κ3) is 1.25. The zero-order valence-electron chi connectivity index (χ0n) is 8.25. The number of nitrogens with zero attached hydrogens (tertiary/aromatic N) is 1. The summed E-state index contributed by atoms with van der Waals surface area (Å²) in [6.45, 7) is 3.90. The second-order valence-electron chi connectivity index (χ2n) is 4.06. The standard InChI is InChI=1S/C11H12ClNO/c1-7-3-4-9-8(5-7)6-10(13-14)11(9,2)12/h3-5,10H,6H2,1-2H3. The molecule has 2 atom stereocenters. The van der Waals surface area contributed by atoms with Crippen LogP contribution in [0, 0.1) is 11.8 Å². The first kappa shape index (κ1) is 9.66. The molecule has 0 saturated carbocycles. The van der Waals surface area contributed by atoms with Crippen molar-refractivity contribution in [1.29, 1.82) is 0 Å². The van der Waals surface area contributed by atoms with Gasteiger partial charge in [-0.3, -0.25) is 0 Å². The monoisotopic (exact) mass is 209 g/mol. The lowest BCUT2D eigenvalue weighted by molar-refractivity contribution is 0.554. The van der Waals surface area contributed by atoms with E-state index in [9.17, 15) is 4.91 Å².